The van der Waals surface area contributed by atoms with Crippen LogP contribution in [0.3, 0.4) is 0 Å². The summed E-state index contributed by atoms with van der Waals surface area (Å²) in [7, 11) is 0. The predicted octanol–water partition coefficient (Wildman–Crippen LogP) is 2.77. The molecule has 90 valence electrons. The standard InChI is InChI=1S/C12H13ClN2O2/c13-10-5-4-9(8-11(10)15)12(16)17-7-3-1-2-6-14/h4-5,8H,1-3,7,15H2. The van der Waals surface area contributed by atoms with Crippen molar-refractivity contribution in [3.8, 4) is 6.07 Å². The Balaban J connectivity index is 2.42. The Kier molecular flexibility index (Phi) is 5.31. The van der Waals surface area contributed by atoms with E-state index < -0.39 is 5.97 Å². The SMILES string of the molecule is N#CCCCCOC(=O)c1ccc(Cl)c(N)c1. The Morgan fingerprint density at radius 3 is 2.88 bits per heavy atom. The van der Waals surface area contributed by atoms with Gasteiger partial charge in [0, 0.05) is 6.42 Å². The Morgan fingerprint density at radius 2 is 2.24 bits per heavy atom. The first-order valence-corrected chi connectivity index (χ1v) is 5.62. The van der Waals surface area contributed by atoms with E-state index in [0.717, 1.165) is 6.42 Å². The molecule has 0 aliphatic rings. The number of esters is 1. The minimum Gasteiger partial charge on any atom is -0.462 e. The number of unbranched alkanes of at least 4 members (excludes halogenated alkanes) is 2. The van der Waals surface area contributed by atoms with Crippen LogP contribution in [0.25, 0.3) is 0 Å². The molecule has 0 radical (unpaired) electrons. The summed E-state index contributed by atoms with van der Waals surface area (Å²) in [4.78, 5) is 11.6. The first kappa shape index (κ1) is 13.3. The van der Waals surface area contributed by atoms with Crippen LogP contribution in [-0.2, 0) is 4.74 Å². The molecule has 0 amide bonds. The van der Waals surface area contributed by atoms with Crippen LogP contribution < -0.4 is 5.73 Å². The van der Waals surface area contributed by atoms with Gasteiger partial charge >= 0.3 is 5.97 Å². The molecule has 0 fully saturated rings. The molecule has 0 spiro atoms. The molecule has 2 N–H and O–H groups in total. The molecule has 0 saturated heterocycles. The summed E-state index contributed by atoms with van der Waals surface area (Å²) in [6, 6.07) is 6.64. The minimum absolute atomic E-state index is 0.309. The molecule has 17 heavy (non-hydrogen) atoms. The zero-order valence-electron chi connectivity index (χ0n) is 9.28. The van der Waals surface area contributed by atoms with Crippen molar-refractivity contribution in [1.29, 1.82) is 5.26 Å². The van der Waals surface area contributed by atoms with Crippen molar-refractivity contribution >= 4 is 23.3 Å². The van der Waals surface area contributed by atoms with Gasteiger partial charge in [0.15, 0.2) is 0 Å². The average molecular weight is 253 g/mol. The number of nitrogens with zero attached hydrogens (tertiary/aromatic N) is 1. The topological polar surface area (TPSA) is 76.1 Å². The molecule has 0 unspecified atom stereocenters. The molecular weight excluding hydrogens is 240 g/mol. The Labute approximate surface area is 105 Å². The van der Waals surface area contributed by atoms with Crippen molar-refractivity contribution in [2.75, 3.05) is 12.3 Å². The summed E-state index contributed by atoms with van der Waals surface area (Å²) in [5.74, 6) is -0.426. The van der Waals surface area contributed by atoms with Crippen molar-refractivity contribution in [2.24, 2.45) is 0 Å². The van der Waals surface area contributed by atoms with Crippen LogP contribution in [-0.4, -0.2) is 12.6 Å². The Bertz CT molecular complexity index is 441. The summed E-state index contributed by atoms with van der Waals surface area (Å²) in [5.41, 5.74) is 6.31. The van der Waals surface area contributed by atoms with Crippen LogP contribution in [0.5, 0.6) is 0 Å². The van der Waals surface area contributed by atoms with Crippen LogP contribution in [0, 0.1) is 11.3 Å². The molecular formula is C12H13ClN2O2. The van der Waals surface area contributed by atoms with E-state index >= 15 is 0 Å². The highest BCUT2D eigenvalue weighted by Crippen LogP contribution is 2.19. The van der Waals surface area contributed by atoms with Gasteiger partial charge in [-0.2, -0.15) is 5.26 Å². The van der Waals surface area contributed by atoms with E-state index in [2.05, 4.69) is 0 Å². The maximum atomic E-state index is 11.6. The molecule has 0 saturated carbocycles. The molecule has 0 heterocycles. The molecule has 0 aromatic heterocycles. The summed E-state index contributed by atoms with van der Waals surface area (Å²) in [5, 5.41) is 8.74. The third-order valence-corrected chi connectivity index (χ3v) is 2.49. The van der Waals surface area contributed by atoms with E-state index in [1.54, 1.807) is 12.1 Å². The lowest BCUT2D eigenvalue weighted by Crippen LogP contribution is -2.07. The average Bonchev–Trinajstić information content (AvgIpc) is 2.32. The van der Waals surface area contributed by atoms with Crippen LogP contribution in [0.1, 0.15) is 29.6 Å². The molecule has 0 atom stereocenters. The molecule has 0 bridgehead atoms. The van der Waals surface area contributed by atoms with Gasteiger partial charge in [-0.15, -0.1) is 0 Å². The number of carbonyl (C=O) groups is 1. The van der Waals surface area contributed by atoms with Crippen molar-refractivity contribution in [3.05, 3.63) is 28.8 Å². The summed E-state index contributed by atoms with van der Waals surface area (Å²) >= 11 is 5.74. The number of anilines is 1. The largest absolute Gasteiger partial charge is 0.462 e. The van der Waals surface area contributed by atoms with E-state index in [1.807, 2.05) is 6.07 Å². The number of carbonyl (C=O) groups excluding carboxylic acids is 1. The van der Waals surface area contributed by atoms with Crippen LogP contribution in [0.2, 0.25) is 5.02 Å². The van der Waals surface area contributed by atoms with Gasteiger partial charge in [0.25, 0.3) is 0 Å². The number of hydrogen-bond acceptors (Lipinski definition) is 4. The highest BCUT2D eigenvalue weighted by molar-refractivity contribution is 6.33. The zero-order chi connectivity index (χ0) is 12.7. The van der Waals surface area contributed by atoms with Gasteiger partial charge < -0.3 is 10.5 Å². The number of rotatable bonds is 5. The first-order chi connectivity index (χ1) is 8.15. The van der Waals surface area contributed by atoms with Gasteiger partial charge in [-0.1, -0.05) is 11.6 Å². The number of nitrogen functional groups attached to an aromatic ring is 1. The van der Waals surface area contributed by atoms with Crippen LogP contribution in [0.4, 0.5) is 5.69 Å². The lowest BCUT2D eigenvalue weighted by Gasteiger charge is -2.05. The van der Waals surface area contributed by atoms with Crippen molar-refractivity contribution in [1.82, 2.24) is 0 Å². The molecule has 4 nitrogen and oxygen atoms in total. The summed E-state index contributed by atoms with van der Waals surface area (Å²) < 4.78 is 5.02. The monoisotopic (exact) mass is 252 g/mol. The molecule has 5 heteroatoms. The fourth-order valence-corrected chi connectivity index (χ4v) is 1.34. The lowest BCUT2D eigenvalue weighted by molar-refractivity contribution is 0.0499. The van der Waals surface area contributed by atoms with Crippen molar-refractivity contribution < 1.29 is 9.53 Å². The van der Waals surface area contributed by atoms with Gasteiger partial charge in [0.1, 0.15) is 0 Å². The van der Waals surface area contributed by atoms with Crippen molar-refractivity contribution in [2.45, 2.75) is 19.3 Å². The van der Waals surface area contributed by atoms with Gasteiger partial charge in [-0.3, -0.25) is 0 Å². The van der Waals surface area contributed by atoms with Gasteiger partial charge in [0.2, 0.25) is 0 Å². The van der Waals surface area contributed by atoms with E-state index in [9.17, 15) is 4.79 Å². The number of nitriles is 1. The van der Waals surface area contributed by atoms with Crippen LogP contribution in [0.15, 0.2) is 18.2 Å². The third kappa shape index (κ3) is 4.33. The number of nitrogens with two attached hydrogens (primary N) is 1. The van der Waals surface area contributed by atoms with Gasteiger partial charge in [0.05, 0.1) is 28.9 Å². The molecule has 1 rings (SSSR count). The Morgan fingerprint density at radius 1 is 1.47 bits per heavy atom. The maximum Gasteiger partial charge on any atom is 0.338 e. The van der Waals surface area contributed by atoms with E-state index in [4.69, 9.17) is 27.3 Å². The quantitative estimate of drug-likeness (QED) is 0.497. The highest BCUT2D eigenvalue weighted by atomic mass is 35.5. The summed E-state index contributed by atoms with van der Waals surface area (Å²) in [6.07, 6.45) is 1.89. The zero-order valence-corrected chi connectivity index (χ0v) is 10.0. The molecule has 1 aromatic carbocycles. The normalized spacial score (nSPS) is 9.65. The van der Waals surface area contributed by atoms with E-state index in [1.165, 1.54) is 6.07 Å². The van der Waals surface area contributed by atoms with E-state index in [-0.39, 0.29) is 0 Å². The Hall–Kier alpha value is -1.73. The lowest BCUT2D eigenvalue weighted by atomic mass is 10.2. The summed E-state index contributed by atoms with van der Waals surface area (Å²) in [6.45, 7) is 0.309. The smallest absolute Gasteiger partial charge is 0.338 e. The second kappa shape index (κ2) is 6.77. The number of hydrogen-bond donors (Lipinski definition) is 1. The predicted molar refractivity (Wildman–Crippen MR) is 65.6 cm³/mol. The second-order valence-electron chi connectivity index (χ2n) is 3.49. The molecule has 0 aliphatic heterocycles. The first-order valence-electron chi connectivity index (χ1n) is 5.24. The van der Waals surface area contributed by atoms with E-state index in [0.29, 0.717) is 35.7 Å². The van der Waals surface area contributed by atoms with Gasteiger partial charge in [-0.25, -0.2) is 4.79 Å². The molecule has 1 aromatic rings. The number of ether oxygens (including phenoxy) is 1. The fourth-order valence-electron chi connectivity index (χ4n) is 1.23. The van der Waals surface area contributed by atoms with Crippen molar-refractivity contribution in [3.63, 3.8) is 0 Å². The number of halogens is 1. The third-order valence-electron chi connectivity index (χ3n) is 2.15. The molecule has 0 aliphatic carbocycles. The highest BCUT2D eigenvalue weighted by Gasteiger charge is 2.08. The van der Waals surface area contributed by atoms with Crippen LogP contribution >= 0.6 is 11.6 Å². The minimum atomic E-state index is -0.426. The van der Waals surface area contributed by atoms with Gasteiger partial charge in [-0.05, 0) is 31.0 Å². The fraction of sp³-hybridized carbons (Fsp3) is 0.333. The maximum absolute atomic E-state index is 11.6. The number of benzene rings is 1. The second-order valence-corrected chi connectivity index (χ2v) is 3.89.